The van der Waals surface area contributed by atoms with Gasteiger partial charge >= 0.3 is 0 Å². The van der Waals surface area contributed by atoms with Crippen molar-refractivity contribution < 1.29 is 27.4 Å². The summed E-state index contributed by atoms with van der Waals surface area (Å²) in [6.45, 7) is 6.55. The lowest BCUT2D eigenvalue weighted by Crippen LogP contribution is -2.46. The van der Waals surface area contributed by atoms with Gasteiger partial charge in [0, 0.05) is 5.56 Å². The summed E-state index contributed by atoms with van der Waals surface area (Å²) in [5.74, 6) is 1.31. The number of amides is 1. The van der Waals surface area contributed by atoms with Crippen molar-refractivity contribution in [3.8, 4) is 17.2 Å². The van der Waals surface area contributed by atoms with Crippen molar-refractivity contribution in [2.45, 2.75) is 26.8 Å². The maximum Gasteiger partial charge on any atom is 0.263 e. The van der Waals surface area contributed by atoms with Crippen LogP contribution < -0.4 is 23.9 Å². The summed E-state index contributed by atoms with van der Waals surface area (Å²) in [5.41, 5.74) is 4.09. The summed E-state index contributed by atoms with van der Waals surface area (Å²) >= 11 is 0. The van der Waals surface area contributed by atoms with Crippen LogP contribution in [0.15, 0.2) is 47.6 Å². The number of benzene rings is 2. The van der Waals surface area contributed by atoms with Gasteiger partial charge in [-0.3, -0.25) is 9.10 Å². The minimum absolute atomic E-state index is 0.353. The van der Waals surface area contributed by atoms with Gasteiger partial charge in [0.15, 0.2) is 11.5 Å². The molecule has 1 aliphatic heterocycles. The predicted octanol–water partition coefficient (Wildman–Crippen LogP) is 2.55. The van der Waals surface area contributed by atoms with Gasteiger partial charge in [-0.2, -0.15) is 5.10 Å². The molecule has 0 saturated carbocycles. The molecule has 32 heavy (non-hydrogen) atoms. The molecule has 3 rings (SSSR count). The van der Waals surface area contributed by atoms with Crippen LogP contribution in [-0.4, -0.2) is 52.2 Å². The molecule has 0 saturated heterocycles. The minimum atomic E-state index is -3.74. The van der Waals surface area contributed by atoms with Gasteiger partial charge in [-0.25, -0.2) is 13.8 Å². The molecule has 172 valence electrons. The van der Waals surface area contributed by atoms with E-state index in [4.69, 9.17) is 14.2 Å². The molecule has 2 aromatic rings. The number of hydrogen-bond acceptors (Lipinski definition) is 7. The number of carbonyl (C=O) groups excluding carboxylic acids is 1. The van der Waals surface area contributed by atoms with Crippen molar-refractivity contribution in [2.24, 2.45) is 5.10 Å². The van der Waals surface area contributed by atoms with E-state index >= 15 is 0 Å². The van der Waals surface area contributed by atoms with Crippen LogP contribution in [0.3, 0.4) is 0 Å². The molecule has 9 nitrogen and oxygen atoms in total. The average Bonchev–Trinajstić information content (AvgIpc) is 2.77. The monoisotopic (exact) mass is 461 g/mol. The zero-order chi connectivity index (χ0) is 23.3. The number of hydrazone groups is 1. The molecule has 0 aliphatic carbocycles. The van der Waals surface area contributed by atoms with E-state index in [-0.39, 0.29) is 0 Å². The number of sulfonamides is 1. The van der Waals surface area contributed by atoms with Gasteiger partial charge in [0.25, 0.3) is 5.91 Å². The van der Waals surface area contributed by atoms with E-state index in [0.717, 1.165) is 16.1 Å². The molecule has 10 heteroatoms. The van der Waals surface area contributed by atoms with Crippen molar-refractivity contribution >= 4 is 27.3 Å². The Hall–Kier alpha value is -3.27. The van der Waals surface area contributed by atoms with E-state index in [0.29, 0.717) is 48.5 Å². The summed E-state index contributed by atoms with van der Waals surface area (Å²) < 4.78 is 42.4. The number of carbonyl (C=O) groups is 1. The molecule has 0 aromatic heterocycles. The van der Waals surface area contributed by atoms with Crippen LogP contribution in [-0.2, 0) is 14.8 Å². The molecule has 0 fully saturated rings. The zero-order valence-electron chi connectivity index (χ0n) is 18.5. The lowest BCUT2D eigenvalue weighted by Gasteiger charge is -2.27. The Balaban J connectivity index is 1.75. The van der Waals surface area contributed by atoms with Crippen molar-refractivity contribution in [1.82, 2.24) is 5.43 Å². The fourth-order valence-electron chi connectivity index (χ4n) is 3.23. The van der Waals surface area contributed by atoms with Crippen molar-refractivity contribution in [2.75, 3.05) is 30.4 Å². The first kappa shape index (κ1) is 23.4. The van der Waals surface area contributed by atoms with Crippen LogP contribution in [0.4, 0.5) is 5.69 Å². The first-order chi connectivity index (χ1) is 15.2. The molecule has 1 atom stereocenters. The highest BCUT2D eigenvalue weighted by Crippen LogP contribution is 2.31. The molecule has 1 N–H and O–H groups in total. The Labute approximate surface area is 188 Å². The molecule has 1 heterocycles. The fraction of sp³-hybridized carbons (Fsp3) is 0.364. The maximum atomic E-state index is 12.7. The van der Waals surface area contributed by atoms with Crippen LogP contribution in [0.2, 0.25) is 0 Å². The third-order valence-electron chi connectivity index (χ3n) is 4.78. The van der Waals surface area contributed by atoms with Gasteiger partial charge in [-0.15, -0.1) is 0 Å². The number of nitrogens with one attached hydrogen (secondary N) is 1. The van der Waals surface area contributed by atoms with E-state index in [1.807, 2.05) is 13.0 Å². The van der Waals surface area contributed by atoms with Crippen molar-refractivity contribution in [1.29, 1.82) is 0 Å². The van der Waals surface area contributed by atoms with Gasteiger partial charge < -0.3 is 14.2 Å². The van der Waals surface area contributed by atoms with Crippen LogP contribution in [0.1, 0.15) is 26.3 Å². The lowest BCUT2D eigenvalue weighted by molar-refractivity contribution is -0.121. The van der Waals surface area contributed by atoms with Crippen LogP contribution in [0.25, 0.3) is 0 Å². The van der Waals surface area contributed by atoms with Gasteiger partial charge in [0.05, 0.1) is 24.3 Å². The first-order valence-electron chi connectivity index (χ1n) is 10.2. The second-order valence-corrected chi connectivity index (χ2v) is 9.05. The second kappa shape index (κ2) is 9.90. The quantitative estimate of drug-likeness (QED) is 0.478. The number of hydrogen-bond donors (Lipinski definition) is 1. The summed E-state index contributed by atoms with van der Waals surface area (Å²) in [5, 5.41) is 4.14. The molecular weight excluding hydrogens is 434 g/mol. The van der Waals surface area contributed by atoms with Gasteiger partial charge in [-0.1, -0.05) is 0 Å². The number of rotatable bonds is 8. The predicted molar refractivity (Wildman–Crippen MR) is 122 cm³/mol. The topological polar surface area (TPSA) is 107 Å². The number of ether oxygens (including phenoxy) is 3. The normalized spacial score (nSPS) is 14.4. The molecule has 0 radical (unpaired) electrons. The SMILES string of the molecule is CCOc1ccc(N([C@@H](C)C(=O)N/N=C(/C)c2ccc3c(c2)OCCO3)S(C)(=O)=O)cc1. The van der Waals surface area contributed by atoms with Crippen LogP contribution in [0, 0.1) is 0 Å². The third-order valence-corrected chi connectivity index (χ3v) is 6.03. The summed E-state index contributed by atoms with van der Waals surface area (Å²) in [7, 11) is -3.74. The van der Waals surface area contributed by atoms with Gasteiger partial charge in [-0.05, 0) is 63.2 Å². The molecule has 0 bridgehead atoms. The fourth-order valence-corrected chi connectivity index (χ4v) is 4.40. The Bertz CT molecular complexity index is 1100. The number of anilines is 1. The smallest absolute Gasteiger partial charge is 0.263 e. The maximum absolute atomic E-state index is 12.7. The molecule has 1 amide bonds. The van der Waals surface area contributed by atoms with E-state index in [9.17, 15) is 13.2 Å². The van der Waals surface area contributed by atoms with E-state index in [1.54, 1.807) is 43.3 Å². The van der Waals surface area contributed by atoms with Gasteiger partial charge in [0.1, 0.15) is 25.0 Å². The average molecular weight is 462 g/mol. The largest absolute Gasteiger partial charge is 0.494 e. The molecule has 0 spiro atoms. The molecule has 0 unspecified atom stereocenters. The van der Waals surface area contributed by atoms with E-state index < -0.39 is 22.0 Å². The number of fused-ring (bicyclic) bond motifs is 1. The van der Waals surface area contributed by atoms with E-state index in [2.05, 4.69) is 10.5 Å². The standard InChI is InChI=1S/C22H27N3O6S/c1-5-29-19-9-7-18(8-10-19)25(32(4,27)28)16(3)22(26)24-23-15(2)17-6-11-20-21(14-17)31-13-12-30-20/h6-11,14,16H,5,12-13H2,1-4H3,(H,24,26)/b23-15-/t16-/m0/s1. The lowest BCUT2D eigenvalue weighted by atomic mass is 10.1. The highest BCUT2D eigenvalue weighted by atomic mass is 32.2. The summed E-state index contributed by atoms with van der Waals surface area (Å²) in [6, 6.07) is 10.9. The van der Waals surface area contributed by atoms with Gasteiger partial charge in [0.2, 0.25) is 10.0 Å². The highest BCUT2D eigenvalue weighted by molar-refractivity contribution is 7.92. The molecule has 2 aromatic carbocycles. The third kappa shape index (κ3) is 5.50. The Morgan fingerprint density at radius 2 is 1.81 bits per heavy atom. The second-order valence-electron chi connectivity index (χ2n) is 7.19. The first-order valence-corrected chi connectivity index (χ1v) is 12.0. The van der Waals surface area contributed by atoms with Crippen LogP contribution >= 0.6 is 0 Å². The molecular formula is C22H27N3O6S. The summed E-state index contributed by atoms with van der Waals surface area (Å²) in [4.78, 5) is 12.7. The Morgan fingerprint density at radius 3 is 2.44 bits per heavy atom. The van der Waals surface area contributed by atoms with Crippen molar-refractivity contribution in [3.63, 3.8) is 0 Å². The Morgan fingerprint density at radius 1 is 1.16 bits per heavy atom. The zero-order valence-corrected chi connectivity index (χ0v) is 19.3. The minimum Gasteiger partial charge on any atom is -0.494 e. The highest BCUT2D eigenvalue weighted by Gasteiger charge is 2.29. The molecule has 1 aliphatic rings. The summed E-state index contributed by atoms with van der Waals surface area (Å²) in [6.07, 6.45) is 1.05. The Kier molecular flexibility index (Phi) is 7.24. The van der Waals surface area contributed by atoms with Crippen molar-refractivity contribution in [3.05, 3.63) is 48.0 Å². The van der Waals surface area contributed by atoms with Crippen LogP contribution in [0.5, 0.6) is 17.2 Å². The van der Waals surface area contributed by atoms with E-state index in [1.165, 1.54) is 6.92 Å². The number of nitrogens with zero attached hydrogens (tertiary/aromatic N) is 2.